The average molecular weight is 355 g/mol. The molecule has 0 bridgehead atoms. The first kappa shape index (κ1) is 17.5. The second-order valence-corrected chi connectivity index (χ2v) is 5.49. The largest absolute Gasteiger partial charge is 0.493 e. The van der Waals surface area contributed by atoms with Crippen LogP contribution in [0.5, 0.6) is 17.2 Å². The van der Waals surface area contributed by atoms with Gasteiger partial charge in [-0.05, 0) is 6.07 Å². The fraction of sp³-hybridized carbons (Fsp3) is 0.211. The van der Waals surface area contributed by atoms with Crippen molar-refractivity contribution >= 4 is 11.9 Å². The van der Waals surface area contributed by atoms with Gasteiger partial charge in [-0.15, -0.1) is 0 Å². The highest BCUT2D eigenvalue weighted by Gasteiger charge is 2.28. The van der Waals surface area contributed by atoms with E-state index in [9.17, 15) is 0 Å². The molecular formula is C19H21N3O4. The molecule has 7 nitrogen and oxygen atoms in total. The van der Waals surface area contributed by atoms with Crippen LogP contribution in [0.2, 0.25) is 0 Å². The minimum Gasteiger partial charge on any atom is -0.493 e. The quantitative estimate of drug-likeness (QED) is 0.471. The lowest BCUT2D eigenvalue weighted by Gasteiger charge is -2.19. The Morgan fingerprint density at radius 3 is 2.42 bits per heavy atom. The number of nitrogens with zero attached hydrogens (tertiary/aromatic N) is 1. The molecule has 1 atom stereocenters. The maximum absolute atomic E-state index is 5.79. The third kappa shape index (κ3) is 3.11. The van der Waals surface area contributed by atoms with Gasteiger partial charge in [0.1, 0.15) is 6.26 Å². The monoisotopic (exact) mass is 355 g/mol. The lowest BCUT2D eigenvalue weighted by molar-refractivity contribution is 0.155. The van der Waals surface area contributed by atoms with Crippen LogP contribution in [-0.4, -0.2) is 27.5 Å². The maximum Gasteiger partial charge on any atom is 0.204 e. The molecule has 26 heavy (non-hydrogen) atoms. The molecule has 0 saturated carbocycles. The van der Waals surface area contributed by atoms with Gasteiger partial charge in [0.05, 0.1) is 38.8 Å². The van der Waals surface area contributed by atoms with E-state index in [0.29, 0.717) is 22.8 Å². The number of ether oxygens (including phenoxy) is 4. The van der Waals surface area contributed by atoms with Crippen LogP contribution in [0, 0.1) is 0 Å². The molecule has 136 valence electrons. The molecule has 0 spiro atoms. The summed E-state index contributed by atoms with van der Waals surface area (Å²) in [7, 11) is 4.68. The van der Waals surface area contributed by atoms with Gasteiger partial charge in [-0.2, -0.15) is 5.10 Å². The first-order valence-electron chi connectivity index (χ1n) is 7.97. The van der Waals surface area contributed by atoms with Gasteiger partial charge in [-0.25, -0.2) is 0 Å². The van der Waals surface area contributed by atoms with Gasteiger partial charge >= 0.3 is 0 Å². The normalized spacial score (nSPS) is 16.0. The molecular weight excluding hydrogens is 334 g/mol. The van der Waals surface area contributed by atoms with E-state index in [1.807, 2.05) is 30.3 Å². The van der Waals surface area contributed by atoms with Crippen molar-refractivity contribution in [2.24, 2.45) is 10.9 Å². The van der Waals surface area contributed by atoms with Crippen LogP contribution in [0.4, 0.5) is 0 Å². The number of benzene rings is 2. The number of hydrogen-bond donors (Lipinski definition) is 2. The van der Waals surface area contributed by atoms with Crippen molar-refractivity contribution in [1.29, 1.82) is 0 Å². The lowest BCUT2D eigenvalue weighted by atomic mass is 10.0. The van der Waals surface area contributed by atoms with E-state index in [1.54, 1.807) is 33.7 Å². The summed E-state index contributed by atoms with van der Waals surface area (Å²) in [6.45, 7) is 0. The second-order valence-electron chi connectivity index (χ2n) is 5.49. The zero-order valence-corrected chi connectivity index (χ0v) is 14.9. The molecule has 7 heteroatoms. The molecule has 3 N–H and O–H groups in total. The van der Waals surface area contributed by atoms with E-state index < -0.39 is 0 Å². The third-order valence-corrected chi connectivity index (χ3v) is 4.05. The van der Waals surface area contributed by atoms with Crippen LogP contribution in [-0.2, 0) is 4.74 Å². The Morgan fingerprint density at radius 1 is 1.08 bits per heavy atom. The highest BCUT2D eigenvalue weighted by Crippen LogP contribution is 2.45. The van der Waals surface area contributed by atoms with Crippen LogP contribution in [0.15, 0.2) is 47.8 Å². The zero-order chi connectivity index (χ0) is 18.5. The first-order valence-corrected chi connectivity index (χ1v) is 7.97. The molecule has 0 radical (unpaired) electrons. The van der Waals surface area contributed by atoms with Gasteiger partial charge in [-0.1, -0.05) is 30.3 Å². The molecule has 2 aromatic carbocycles. The molecule has 1 heterocycles. The van der Waals surface area contributed by atoms with E-state index >= 15 is 0 Å². The molecule has 2 aromatic rings. The van der Waals surface area contributed by atoms with Gasteiger partial charge in [0.15, 0.2) is 17.7 Å². The summed E-state index contributed by atoms with van der Waals surface area (Å²) in [5.41, 5.74) is 3.16. The maximum atomic E-state index is 5.79. The summed E-state index contributed by atoms with van der Waals surface area (Å²) in [5, 5.41) is 6.99. The molecule has 3 rings (SSSR count). The molecule has 1 aliphatic rings. The molecule has 0 saturated heterocycles. The van der Waals surface area contributed by atoms with Crippen molar-refractivity contribution in [3.05, 3.63) is 59.4 Å². The Morgan fingerprint density at radius 2 is 1.81 bits per heavy atom. The van der Waals surface area contributed by atoms with Crippen LogP contribution in [0.1, 0.15) is 22.9 Å². The number of methoxy groups -OCH3 is 3. The van der Waals surface area contributed by atoms with Crippen molar-refractivity contribution in [2.75, 3.05) is 21.3 Å². The molecule has 0 fully saturated rings. The minimum absolute atomic E-state index is 0.299. The Balaban J connectivity index is 2.06. The standard InChI is InChI=1S/C19H21N3O4/c1-23-15-9-13(10-21-20)16(18(25-3)17(15)24-2)14-11-26-19(22-14)12-7-5-4-6-8-12/h4-11,19,22H,20H2,1-3H3/b21-10+. The molecule has 0 aromatic heterocycles. The van der Waals surface area contributed by atoms with E-state index in [2.05, 4.69) is 10.4 Å². The predicted octanol–water partition coefficient (Wildman–Crippen LogP) is 2.62. The summed E-state index contributed by atoms with van der Waals surface area (Å²) in [5.74, 6) is 6.88. The lowest BCUT2D eigenvalue weighted by Crippen LogP contribution is -2.16. The summed E-state index contributed by atoms with van der Waals surface area (Å²) >= 11 is 0. The van der Waals surface area contributed by atoms with Crippen molar-refractivity contribution in [3.63, 3.8) is 0 Å². The number of hydrazone groups is 1. The fourth-order valence-corrected chi connectivity index (χ4v) is 2.90. The Bertz CT molecular complexity index is 834. The molecule has 1 aliphatic heterocycles. The Labute approximate surface area is 152 Å². The second kappa shape index (κ2) is 7.69. The van der Waals surface area contributed by atoms with E-state index in [4.69, 9.17) is 24.8 Å². The van der Waals surface area contributed by atoms with Crippen LogP contribution < -0.4 is 25.4 Å². The summed E-state index contributed by atoms with van der Waals surface area (Å²) < 4.78 is 22.3. The number of hydrogen-bond acceptors (Lipinski definition) is 7. The summed E-state index contributed by atoms with van der Waals surface area (Å²) in [6, 6.07) is 11.6. The van der Waals surface area contributed by atoms with Gasteiger partial charge < -0.3 is 30.1 Å². The van der Waals surface area contributed by atoms with Crippen molar-refractivity contribution in [2.45, 2.75) is 6.23 Å². The summed E-state index contributed by atoms with van der Waals surface area (Å²) in [4.78, 5) is 0. The van der Waals surface area contributed by atoms with Crippen LogP contribution in [0.25, 0.3) is 5.70 Å². The van der Waals surface area contributed by atoms with Crippen LogP contribution in [0.3, 0.4) is 0 Å². The van der Waals surface area contributed by atoms with E-state index in [0.717, 1.165) is 16.8 Å². The van der Waals surface area contributed by atoms with Gasteiger partial charge in [0, 0.05) is 11.1 Å². The van der Waals surface area contributed by atoms with Gasteiger partial charge in [0.25, 0.3) is 0 Å². The molecule has 1 unspecified atom stereocenters. The van der Waals surface area contributed by atoms with E-state index in [-0.39, 0.29) is 6.23 Å². The van der Waals surface area contributed by atoms with Crippen LogP contribution >= 0.6 is 0 Å². The fourth-order valence-electron chi connectivity index (χ4n) is 2.90. The van der Waals surface area contributed by atoms with E-state index in [1.165, 1.54) is 6.21 Å². The minimum atomic E-state index is -0.299. The predicted molar refractivity (Wildman–Crippen MR) is 99.3 cm³/mol. The van der Waals surface area contributed by atoms with Crippen molar-refractivity contribution < 1.29 is 18.9 Å². The van der Waals surface area contributed by atoms with Crippen molar-refractivity contribution in [1.82, 2.24) is 5.32 Å². The Kier molecular flexibility index (Phi) is 5.17. The zero-order valence-electron chi connectivity index (χ0n) is 14.9. The Hall–Kier alpha value is -3.35. The topological polar surface area (TPSA) is 87.3 Å². The highest BCUT2D eigenvalue weighted by molar-refractivity contribution is 5.92. The molecule has 0 amide bonds. The van der Waals surface area contributed by atoms with Crippen molar-refractivity contribution in [3.8, 4) is 17.2 Å². The number of rotatable bonds is 6. The SMILES string of the molecule is COc1cc(/C=N/N)c(C2=COC(c3ccccc3)N2)c(OC)c1OC. The average Bonchev–Trinajstić information content (AvgIpc) is 3.17. The summed E-state index contributed by atoms with van der Waals surface area (Å²) in [6.07, 6.45) is 2.87. The first-order chi connectivity index (χ1) is 12.7. The van der Waals surface area contributed by atoms with Gasteiger partial charge in [-0.3, -0.25) is 0 Å². The van der Waals surface area contributed by atoms with Gasteiger partial charge in [0.2, 0.25) is 5.75 Å². The smallest absolute Gasteiger partial charge is 0.204 e. The highest BCUT2D eigenvalue weighted by atomic mass is 16.5. The third-order valence-electron chi connectivity index (χ3n) is 4.05. The number of nitrogens with one attached hydrogen (secondary N) is 1. The molecule has 0 aliphatic carbocycles. The number of nitrogens with two attached hydrogens (primary N) is 1.